The van der Waals surface area contributed by atoms with E-state index >= 15 is 0 Å². The van der Waals surface area contributed by atoms with Crippen LogP contribution in [0.15, 0.2) is 29.8 Å². The number of ketones is 1. The molecule has 1 amide bonds. The average Bonchev–Trinajstić information content (AvgIpc) is 2.93. The minimum atomic E-state index is -0.348. The lowest BCUT2D eigenvalue weighted by molar-refractivity contribution is -0.127. The Morgan fingerprint density at radius 2 is 2.22 bits per heavy atom. The molecular formula is C14H18N2O2. The van der Waals surface area contributed by atoms with Gasteiger partial charge < -0.3 is 4.90 Å². The van der Waals surface area contributed by atoms with E-state index in [0.29, 0.717) is 5.71 Å². The summed E-state index contributed by atoms with van der Waals surface area (Å²) in [5.74, 6) is -0.0730. The van der Waals surface area contributed by atoms with E-state index in [1.807, 2.05) is 0 Å². The predicted octanol–water partition coefficient (Wildman–Crippen LogP) is 1.38. The second-order valence-electron chi connectivity index (χ2n) is 5.21. The van der Waals surface area contributed by atoms with E-state index < -0.39 is 0 Å². The van der Waals surface area contributed by atoms with E-state index in [1.165, 1.54) is 0 Å². The smallest absolute Gasteiger partial charge is 0.210 e. The topological polar surface area (TPSA) is 49.7 Å². The Kier molecular flexibility index (Phi) is 3.20. The normalized spacial score (nSPS) is 34.6. The first kappa shape index (κ1) is 12.7. The number of hydrogen-bond acceptors (Lipinski definition) is 3. The van der Waals surface area contributed by atoms with Crippen molar-refractivity contribution in [1.82, 2.24) is 4.90 Å². The van der Waals surface area contributed by atoms with Gasteiger partial charge in [0.25, 0.3) is 0 Å². The Hall–Kier alpha value is -1.71. The van der Waals surface area contributed by atoms with E-state index in [1.54, 1.807) is 30.2 Å². The van der Waals surface area contributed by atoms with Crippen molar-refractivity contribution in [2.24, 2.45) is 10.4 Å². The molecule has 2 aliphatic rings. The minimum absolute atomic E-state index is 0.0730. The van der Waals surface area contributed by atoms with Crippen LogP contribution in [0.3, 0.4) is 0 Å². The number of carbonyl (C=O) groups is 2. The van der Waals surface area contributed by atoms with Gasteiger partial charge in [0.2, 0.25) is 12.2 Å². The highest BCUT2D eigenvalue weighted by Crippen LogP contribution is 2.58. The lowest BCUT2D eigenvalue weighted by Crippen LogP contribution is -2.41. The third kappa shape index (κ3) is 1.92. The SMILES string of the molecule is C=C/C=C\C(=N/C)C(=O)[C@@H]1C[C@@]2(C)C[C@H]2N1C=O. The van der Waals surface area contributed by atoms with Crippen LogP contribution in [-0.4, -0.2) is 41.9 Å². The molecule has 1 saturated carbocycles. The highest BCUT2D eigenvalue weighted by atomic mass is 16.2. The fourth-order valence-electron chi connectivity index (χ4n) is 2.80. The van der Waals surface area contributed by atoms with Crippen LogP contribution < -0.4 is 0 Å². The third-order valence-corrected chi connectivity index (χ3v) is 3.99. The molecule has 1 aliphatic heterocycles. The molecule has 1 saturated heterocycles. The van der Waals surface area contributed by atoms with Crippen LogP contribution in [-0.2, 0) is 9.59 Å². The molecule has 2 rings (SSSR count). The number of amides is 1. The predicted molar refractivity (Wildman–Crippen MR) is 70.5 cm³/mol. The summed E-state index contributed by atoms with van der Waals surface area (Å²) in [6.07, 6.45) is 7.49. The van der Waals surface area contributed by atoms with Crippen molar-refractivity contribution in [3.05, 3.63) is 24.8 Å². The van der Waals surface area contributed by atoms with Crippen LogP contribution >= 0.6 is 0 Å². The van der Waals surface area contributed by atoms with Crippen molar-refractivity contribution >= 4 is 17.9 Å². The summed E-state index contributed by atoms with van der Waals surface area (Å²) < 4.78 is 0. The van der Waals surface area contributed by atoms with Crippen molar-refractivity contribution in [1.29, 1.82) is 0 Å². The quantitative estimate of drug-likeness (QED) is 0.418. The van der Waals surface area contributed by atoms with E-state index in [-0.39, 0.29) is 23.3 Å². The maximum absolute atomic E-state index is 12.3. The van der Waals surface area contributed by atoms with Crippen LogP contribution in [0.2, 0.25) is 0 Å². The molecular weight excluding hydrogens is 228 g/mol. The Bertz CT molecular complexity index is 453. The zero-order chi connectivity index (χ0) is 13.3. The molecule has 0 radical (unpaired) electrons. The molecule has 4 nitrogen and oxygen atoms in total. The number of fused-ring (bicyclic) bond motifs is 1. The van der Waals surface area contributed by atoms with Crippen molar-refractivity contribution in [2.45, 2.75) is 31.8 Å². The Morgan fingerprint density at radius 1 is 1.50 bits per heavy atom. The van der Waals surface area contributed by atoms with Crippen LogP contribution in [0.4, 0.5) is 0 Å². The zero-order valence-corrected chi connectivity index (χ0v) is 10.8. The molecule has 0 N–H and O–H groups in total. The van der Waals surface area contributed by atoms with Crippen LogP contribution in [0.25, 0.3) is 0 Å². The minimum Gasteiger partial charge on any atom is -0.331 e. The Balaban J connectivity index is 2.16. The van der Waals surface area contributed by atoms with Gasteiger partial charge in [0.1, 0.15) is 5.71 Å². The molecule has 1 aliphatic carbocycles. The molecule has 0 aromatic rings. The molecule has 0 unspecified atom stereocenters. The molecule has 0 spiro atoms. The second kappa shape index (κ2) is 4.52. The summed E-state index contributed by atoms with van der Waals surface area (Å²) >= 11 is 0. The Labute approximate surface area is 107 Å². The molecule has 18 heavy (non-hydrogen) atoms. The molecule has 2 fully saturated rings. The van der Waals surface area contributed by atoms with Crippen molar-refractivity contribution in [3.8, 4) is 0 Å². The molecule has 3 atom stereocenters. The molecule has 0 bridgehead atoms. The number of Topliss-reactive ketones (excluding diaryl/α,β-unsaturated/α-hetero) is 1. The fraction of sp³-hybridized carbons (Fsp3) is 0.500. The zero-order valence-electron chi connectivity index (χ0n) is 10.8. The number of aliphatic imine (C=N–C) groups is 1. The lowest BCUT2D eigenvalue weighted by Gasteiger charge is -2.21. The standard InChI is InChI=1S/C14H18N2O2/c1-4-5-6-10(15-3)13(18)11-7-14(2)8-12(14)16(11)9-17/h4-6,9,11-12H,1,7-8H2,2-3H3/b6-5-,15-10+/t11-,12+,14-/m0/s1. The van der Waals surface area contributed by atoms with Gasteiger partial charge in [-0.2, -0.15) is 0 Å². The molecule has 0 aromatic heterocycles. The summed E-state index contributed by atoms with van der Waals surface area (Å²) in [7, 11) is 1.59. The first-order valence-corrected chi connectivity index (χ1v) is 6.10. The number of allylic oxidation sites excluding steroid dienone is 3. The first-order valence-electron chi connectivity index (χ1n) is 6.10. The number of rotatable bonds is 5. The summed E-state index contributed by atoms with van der Waals surface area (Å²) in [6, 6.07) is -0.107. The van der Waals surface area contributed by atoms with Gasteiger partial charge in [-0.15, -0.1) is 0 Å². The second-order valence-corrected chi connectivity index (χ2v) is 5.21. The van der Waals surface area contributed by atoms with Crippen LogP contribution in [0, 0.1) is 5.41 Å². The van der Waals surface area contributed by atoms with Crippen LogP contribution in [0.1, 0.15) is 19.8 Å². The molecule has 1 heterocycles. The van der Waals surface area contributed by atoms with Crippen molar-refractivity contribution in [3.63, 3.8) is 0 Å². The number of piperidine rings is 1. The first-order chi connectivity index (χ1) is 8.57. The fourth-order valence-corrected chi connectivity index (χ4v) is 2.80. The van der Waals surface area contributed by atoms with Crippen molar-refractivity contribution < 1.29 is 9.59 Å². The van der Waals surface area contributed by atoms with E-state index in [0.717, 1.165) is 19.3 Å². The van der Waals surface area contributed by atoms with Gasteiger partial charge in [0, 0.05) is 13.1 Å². The molecule has 96 valence electrons. The van der Waals surface area contributed by atoms with Gasteiger partial charge >= 0.3 is 0 Å². The van der Waals surface area contributed by atoms with Gasteiger partial charge in [-0.3, -0.25) is 14.6 Å². The number of carbonyl (C=O) groups excluding carboxylic acids is 2. The summed E-state index contributed by atoms with van der Waals surface area (Å²) in [6.45, 7) is 5.69. The number of likely N-dealkylation sites (tertiary alicyclic amines) is 1. The highest BCUT2D eigenvalue weighted by Gasteiger charge is 2.62. The monoisotopic (exact) mass is 246 g/mol. The summed E-state index contributed by atoms with van der Waals surface area (Å²) in [4.78, 5) is 29.1. The molecule has 0 aromatic carbocycles. The van der Waals surface area contributed by atoms with Gasteiger partial charge in [-0.1, -0.05) is 25.7 Å². The number of hydrogen-bond donors (Lipinski definition) is 0. The highest BCUT2D eigenvalue weighted by molar-refractivity contribution is 6.46. The van der Waals surface area contributed by atoms with Gasteiger partial charge in [0.05, 0.1) is 6.04 Å². The third-order valence-electron chi connectivity index (χ3n) is 3.99. The maximum Gasteiger partial charge on any atom is 0.210 e. The Morgan fingerprint density at radius 3 is 2.78 bits per heavy atom. The van der Waals surface area contributed by atoms with Crippen LogP contribution in [0.5, 0.6) is 0 Å². The summed E-state index contributed by atoms with van der Waals surface area (Å²) in [5, 5.41) is 0. The van der Waals surface area contributed by atoms with Gasteiger partial charge in [-0.25, -0.2) is 0 Å². The summed E-state index contributed by atoms with van der Waals surface area (Å²) in [5.41, 5.74) is 0.541. The average molecular weight is 246 g/mol. The largest absolute Gasteiger partial charge is 0.331 e. The molecule has 4 heteroatoms. The maximum atomic E-state index is 12.3. The lowest BCUT2D eigenvalue weighted by atomic mass is 9.97. The van der Waals surface area contributed by atoms with Gasteiger partial charge in [-0.05, 0) is 24.3 Å². The van der Waals surface area contributed by atoms with E-state index in [2.05, 4.69) is 18.5 Å². The number of nitrogens with zero attached hydrogens (tertiary/aromatic N) is 2. The van der Waals surface area contributed by atoms with E-state index in [4.69, 9.17) is 0 Å². The van der Waals surface area contributed by atoms with E-state index in [9.17, 15) is 9.59 Å². The van der Waals surface area contributed by atoms with Gasteiger partial charge in [0.15, 0.2) is 0 Å². The van der Waals surface area contributed by atoms with Crippen molar-refractivity contribution in [2.75, 3.05) is 7.05 Å².